The maximum atomic E-state index is 12.6. The highest BCUT2D eigenvalue weighted by Crippen LogP contribution is 2.36. The van der Waals surface area contributed by atoms with Crippen molar-refractivity contribution >= 4 is 23.2 Å². The van der Waals surface area contributed by atoms with Gasteiger partial charge in [-0.3, -0.25) is 4.98 Å². The summed E-state index contributed by atoms with van der Waals surface area (Å²) in [5.74, 6) is 0. The van der Waals surface area contributed by atoms with Crippen LogP contribution in [-0.4, -0.2) is 4.98 Å². The summed E-state index contributed by atoms with van der Waals surface area (Å²) in [6.07, 6.45) is -3.68. The van der Waals surface area contributed by atoms with E-state index in [9.17, 15) is 13.2 Å². The molecule has 2 aromatic rings. The molecule has 0 atom stereocenters. The van der Waals surface area contributed by atoms with E-state index in [4.69, 9.17) is 23.2 Å². The molecular formula is C14H10Cl2F3N. The highest BCUT2D eigenvalue weighted by molar-refractivity contribution is 6.33. The third-order valence-electron chi connectivity index (χ3n) is 2.93. The van der Waals surface area contributed by atoms with Crippen molar-refractivity contribution in [1.29, 1.82) is 0 Å². The molecule has 0 amide bonds. The zero-order valence-electron chi connectivity index (χ0n) is 10.6. The molecule has 0 bridgehead atoms. The highest BCUT2D eigenvalue weighted by Gasteiger charge is 2.31. The third kappa shape index (κ3) is 2.91. The van der Waals surface area contributed by atoms with Crippen molar-refractivity contribution in [2.45, 2.75) is 20.0 Å². The summed E-state index contributed by atoms with van der Waals surface area (Å²) in [4.78, 5) is 3.85. The lowest BCUT2D eigenvalue weighted by atomic mass is 10.0. The number of halogens is 5. The minimum absolute atomic E-state index is 0.0374. The quantitative estimate of drug-likeness (QED) is 0.657. The van der Waals surface area contributed by atoms with Crippen molar-refractivity contribution in [3.63, 3.8) is 0 Å². The minimum atomic E-state index is -4.46. The second-order valence-corrected chi connectivity index (χ2v) is 5.28. The molecule has 1 nitrogen and oxygen atoms in total. The molecule has 0 fully saturated rings. The Labute approximate surface area is 124 Å². The van der Waals surface area contributed by atoms with E-state index >= 15 is 0 Å². The van der Waals surface area contributed by atoms with E-state index in [1.54, 1.807) is 19.1 Å². The highest BCUT2D eigenvalue weighted by atomic mass is 35.5. The lowest BCUT2D eigenvalue weighted by molar-refractivity contribution is -0.137. The molecule has 20 heavy (non-hydrogen) atoms. The first-order valence-electron chi connectivity index (χ1n) is 5.70. The lowest BCUT2D eigenvalue weighted by Crippen LogP contribution is -2.06. The standard InChI is InChI=1S/C14H10Cl2F3N/c1-7-4-11(15)8(2)3-10(7)13-12(16)5-9(6-20-13)14(17,18)19/h3-6H,1-2H3. The van der Waals surface area contributed by atoms with E-state index in [0.29, 0.717) is 16.3 Å². The van der Waals surface area contributed by atoms with Crippen molar-refractivity contribution in [3.05, 3.63) is 51.1 Å². The maximum absolute atomic E-state index is 12.6. The van der Waals surface area contributed by atoms with Gasteiger partial charge in [0, 0.05) is 16.8 Å². The van der Waals surface area contributed by atoms with Crippen LogP contribution < -0.4 is 0 Å². The molecule has 0 aliphatic carbocycles. The van der Waals surface area contributed by atoms with Gasteiger partial charge >= 0.3 is 6.18 Å². The molecule has 0 aliphatic rings. The summed E-state index contributed by atoms with van der Waals surface area (Å²) in [6.45, 7) is 3.61. The molecule has 0 spiro atoms. The van der Waals surface area contributed by atoms with Crippen molar-refractivity contribution in [1.82, 2.24) is 4.98 Å². The number of aryl methyl sites for hydroxylation is 2. The van der Waals surface area contributed by atoms with E-state index in [-0.39, 0.29) is 5.02 Å². The zero-order valence-corrected chi connectivity index (χ0v) is 12.2. The molecule has 106 valence electrons. The van der Waals surface area contributed by atoms with E-state index in [0.717, 1.165) is 23.4 Å². The SMILES string of the molecule is Cc1cc(-c2ncc(C(F)(F)F)cc2Cl)c(C)cc1Cl. The van der Waals surface area contributed by atoms with Crippen molar-refractivity contribution < 1.29 is 13.2 Å². The second-order valence-electron chi connectivity index (χ2n) is 4.47. The number of nitrogens with zero attached hydrogens (tertiary/aromatic N) is 1. The molecular weight excluding hydrogens is 310 g/mol. The molecule has 0 saturated heterocycles. The van der Waals surface area contributed by atoms with E-state index in [1.807, 2.05) is 6.92 Å². The first-order chi connectivity index (χ1) is 9.20. The van der Waals surface area contributed by atoms with Crippen LogP contribution in [0.5, 0.6) is 0 Å². The van der Waals surface area contributed by atoms with Gasteiger partial charge in [0.25, 0.3) is 0 Å². The molecule has 2 rings (SSSR count). The van der Waals surface area contributed by atoms with Crippen molar-refractivity contribution in [2.24, 2.45) is 0 Å². The van der Waals surface area contributed by atoms with Crippen LogP contribution in [0, 0.1) is 13.8 Å². The summed E-state index contributed by atoms with van der Waals surface area (Å²) in [6, 6.07) is 4.38. The smallest absolute Gasteiger partial charge is 0.254 e. The molecule has 0 N–H and O–H groups in total. The molecule has 1 aromatic heterocycles. The van der Waals surface area contributed by atoms with Gasteiger partial charge in [0.2, 0.25) is 0 Å². The fourth-order valence-corrected chi connectivity index (χ4v) is 2.31. The van der Waals surface area contributed by atoms with Crippen LogP contribution in [0.4, 0.5) is 13.2 Å². The Hall–Kier alpha value is -1.26. The van der Waals surface area contributed by atoms with Crippen molar-refractivity contribution in [3.8, 4) is 11.3 Å². The van der Waals surface area contributed by atoms with Crippen LogP contribution in [0.1, 0.15) is 16.7 Å². The first-order valence-corrected chi connectivity index (χ1v) is 6.45. The van der Waals surface area contributed by atoms with Gasteiger partial charge in [0.15, 0.2) is 0 Å². The second kappa shape index (κ2) is 5.26. The Morgan fingerprint density at radius 1 is 0.950 bits per heavy atom. The summed E-state index contributed by atoms with van der Waals surface area (Å²) >= 11 is 11.9. The van der Waals surface area contributed by atoms with Gasteiger partial charge in [-0.05, 0) is 43.2 Å². The van der Waals surface area contributed by atoms with Crippen LogP contribution in [0.2, 0.25) is 10.0 Å². The molecule has 1 aromatic carbocycles. The van der Waals surface area contributed by atoms with Crippen LogP contribution in [-0.2, 0) is 6.18 Å². The average Bonchev–Trinajstić information content (AvgIpc) is 2.33. The van der Waals surface area contributed by atoms with Crippen LogP contribution in [0.3, 0.4) is 0 Å². The van der Waals surface area contributed by atoms with Gasteiger partial charge in [0.05, 0.1) is 16.3 Å². The Bertz CT molecular complexity index is 666. The summed E-state index contributed by atoms with van der Waals surface area (Å²) in [5, 5.41) is 0.555. The summed E-state index contributed by atoms with van der Waals surface area (Å²) in [7, 11) is 0. The number of aromatic nitrogens is 1. The molecule has 0 unspecified atom stereocenters. The summed E-state index contributed by atoms with van der Waals surface area (Å²) in [5.41, 5.74) is 1.73. The monoisotopic (exact) mass is 319 g/mol. The van der Waals surface area contributed by atoms with Crippen LogP contribution >= 0.6 is 23.2 Å². The molecule has 6 heteroatoms. The molecule has 1 heterocycles. The van der Waals surface area contributed by atoms with Gasteiger partial charge in [-0.25, -0.2) is 0 Å². The lowest BCUT2D eigenvalue weighted by Gasteiger charge is -2.12. The third-order valence-corrected chi connectivity index (χ3v) is 3.62. The van der Waals surface area contributed by atoms with E-state index in [2.05, 4.69) is 4.98 Å². The number of rotatable bonds is 1. The Morgan fingerprint density at radius 3 is 2.15 bits per heavy atom. The Morgan fingerprint density at radius 2 is 1.60 bits per heavy atom. The zero-order chi connectivity index (χ0) is 15.1. The van der Waals surface area contributed by atoms with Gasteiger partial charge in [0.1, 0.15) is 0 Å². The fraction of sp³-hybridized carbons (Fsp3) is 0.214. The fourth-order valence-electron chi connectivity index (χ4n) is 1.83. The predicted molar refractivity (Wildman–Crippen MR) is 74.2 cm³/mol. The van der Waals surface area contributed by atoms with Crippen LogP contribution in [0.25, 0.3) is 11.3 Å². The maximum Gasteiger partial charge on any atom is 0.417 e. The van der Waals surface area contributed by atoms with Gasteiger partial charge in [-0.1, -0.05) is 23.2 Å². The average molecular weight is 320 g/mol. The van der Waals surface area contributed by atoms with Gasteiger partial charge in [-0.2, -0.15) is 13.2 Å². The Kier molecular flexibility index (Phi) is 3.98. The topological polar surface area (TPSA) is 12.9 Å². The predicted octanol–water partition coefficient (Wildman–Crippen LogP) is 5.69. The minimum Gasteiger partial charge on any atom is -0.254 e. The molecule has 0 radical (unpaired) electrons. The number of alkyl halides is 3. The van der Waals surface area contributed by atoms with Crippen molar-refractivity contribution in [2.75, 3.05) is 0 Å². The largest absolute Gasteiger partial charge is 0.417 e. The number of hydrogen-bond acceptors (Lipinski definition) is 1. The normalized spacial score (nSPS) is 11.8. The summed E-state index contributed by atoms with van der Waals surface area (Å²) < 4.78 is 37.7. The van der Waals surface area contributed by atoms with Gasteiger partial charge in [-0.15, -0.1) is 0 Å². The van der Waals surface area contributed by atoms with E-state index in [1.165, 1.54) is 0 Å². The van der Waals surface area contributed by atoms with Gasteiger partial charge < -0.3 is 0 Å². The molecule has 0 saturated carbocycles. The van der Waals surface area contributed by atoms with Crippen LogP contribution in [0.15, 0.2) is 24.4 Å². The number of hydrogen-bond donors (Lipinski definition) is 0. The van der Waals surface area contributed by atoms with E-state index < -0.39 is 11.7 Å². The first kappa shape index (κ1) is 15.1. The molecule has 0 aliphatic heterocycles. The number of benzene rings is 1. The Balaban J connectivity index is 2.57. The number of pyridine rings is 1.